The van der Waals surface area contributed by atoms with Crippen LogP contribution in [0.5, 0.6) is 5.75 Å². The lowest BCUT2D eigenvalue weighted by atomic mass is 10.2. The average Bonchev–Trinajstić information content (AvgIpc) is 2.79. The van der Waals surface area contributed by atoms with E-state index in [9.17, 15) is 9.18 Å². The van der Waals surface area contributed by atoms with Crippen LogP contribution in [0.25, 0.3) is 0 Å². The Kier molecular flexibility index (Phi) is 4.55. The molecule has 0 radical (unpaired) electrons. The number of halogens is 1. The van der Waals surface area contributed by atoms with Crippen LogP contribution in [-0.2, 0) is 4.79 Å². The zero-order valence-corrected chi connectivity index (χ0v) is 12.6. The largest absolute Gasteiger partial charge is 0.488 e. The Hall–Kier alpha value is -1.98. The second-order valence-electron chi connectivity index (χ2n) is 5.64. The highest BCUT2D eigenvalue weighted by atomic mass is 19.1. The number of nitrogens with zero attached hydrogens (tertiary/aromatic N) is 1. The molecule has 1 aromatic rings. The summed E-state index contributed by atoms with van der Waals surface area (Å²) in [6.07, 6.45) is 0.734. The van der Waals surface area contributed by atoms with Crippen LogP contribution in [0, 0.1) is 5.82 Å². The molecule has 1 unspecified atom stereocenters. The molecule has 2 rings (SSSR count). The number of ether oxygens (including phenoxy) is 1. The van der Waals surface area contributed by atoms with Gasteiger partial charge in [-0.05, 0) is 20.3 Å². The van der Waals surface area contributed by atoms with E-state index in [2.05, 4.69) is 5.32 Å². The summed E-state index contributed by atoms with van der Waals surface area (Å²) in [7, 11) is 0. The zero-order valence-electron chi connectivity index (χ0n) is 12.6. The lowest BCUT2D eigenvalue weighted by molar-refractivity contribution is -0.119. The topological polar surface area (TPSA) is 67.6 Å². The Balaban J connectivity index is 2.18. The lowest BCUT2D eigenvalue weighted by Crippen LogP contribution is -2.35. The third-order valence-electron chi connectivity index (χ3n) is 3.38. The number of benzene rings is 1. The van der Waals surface area contributed by atoms with Gasteiger partial charge in [-0.2, -0.15) is 0 Å². The van der Waals surface area contributed by atoms with Crippen LogP contribution in [0.15, 0.2) is 12.1 Å². The van der Waals surface area contributed by atoms with Crippen molar-refractivity contribution in [1.82, 2.24) is 5.32 Å². The number of nitrogen functional groups attached to an aromatic ring is 1. The molecule has 116 valence electrons. The van der Waals surface area contributed by atoms with Gasteiger partial charge in [-0.1, -0.05) is 0 Å². The molecule has 1 atom stereocenters. The van der Waals surface area contributed by atoms with Gasteiger partial charge in [0.1, 0.15) is 0 Å². The molecular weight excluding hydrogens is 273 g/mol. The van der Waals surface area contributed by atoms with Gasteiger partial charge in [-0.25, -0.2) is 4.39 Å². The SMILES string of the molecule is CC(=O)NC1CCN(c2cc(OC(C)C)c(F)cc2N)C1. The number of carbonyl (C=O) groups excluding carboxylic acids is 1. The highest BCUT2D eigenvalue weighted by Gasteiger charge is 2.25. The molecule has 3 N–H and O–H groups in total. The van der Waals surface area contributed by atoms with E-state index in [0.717, 1.165) is 18.7 Å². The second kappa shape index (κ2) is 6.20. The maximum atomic E-state index is 13.8. The number of nitrogens with one attached hydrogen (secondary N) is 1. The number of rotatable bonds is 4. The minimum atomic E-state index is -0.456. The fourth-order valence-corrected chi connectivity index (χ4v) is 2.56. The van der Waals surface area contributed by atoms with Crippen LogP contribution >= 0.6 is 0 Å². The van der Waals surface area contributed by atoms with Crippen molar-refractivity contribution >= 4 is 17.3 Å². The highest BCUT2D eigenvalue weighted by Crippen LogP contribution is 2.33. The molecule has 1 aliphatic rings. The molecule has 0 aliphatic carbocycles. The lowest BCUT2D eigenvalue weighted by Gasteiger charge is -2.22. The summed E-state index contributed by atoms with van der Waals surface area (Å²) in [5.41, 5.74) is 7.05. The predicted molar refractivity (Wildman–Crippen MR) is 81.0 cm³/mol. The Morgan fingerprint density at radius 2 is 2.24 bits per heavy atom. The van der Waals surface area contributed by atoms with Gasteiger partial charge in [-0.15, -0.1) is 0 Å². The van der Waals surface area contributed by atoms with E-state index in [1.54, 1.807) is 6.07 Å². The van der Waals surface area contributed by atoms with Crippen LogP contribution in [0.2, 0.25) is 0 Å². The van der Waals surface area contributed by atoms with Crippen LogP contribution in [-0.4, -0.2) is 31.1 Å². The number of anilines is 2. The predicted octanol–water partition coefficient (Wildman–Crippen LogP) is 1.91. The van der Waals surface area contributed by atoms with Gasteiger partial charge in [0.2, 0.25) is 5.91 Å². The minimum Gasteiger partial charge on any atom is -0.488 e. The van der Waals surface area contributed by atoms with E-state index in [1.807, 2.05) is 18.7 Å². The maximum Gasteiger partial charge on any atom is 0.217 e. The molecule has 0 bridgehead atoms. The van der Waals surface area contributed by atoms with Crippen molar-refractivity contribution in [1.29, 1.82) is 0 Å². The third-order valence-corrected chi connectivity index (χ3v) is 3.38. The molecule has 0 aromatic heterocycles. The summed E-state index contributed by atoms with van der Waals surface area (Å²) in [5, 5.41) is 2.89. The van der Waals surface area contributed by atoms with E-state index in [0.29, 0.717) is 12.2 Å². The van der Waals surface area contributed by atoms with Crippen molar-refractivity contribution in [2.45, 2.75) is 39.3 Å². The van der Waals surface area contributed by atoms with Crippen molar-refractivity contribution in [3.05, 3.63) is 17.9 Å². The molecule has 6 heteroatoms. The van der Waals surface area contributed by atoms with E-state index < -0.39 is 5.82 Å². The average molecular weight is 295 g/mol. The summed E-state index contributed by atoms with van der Waals surface area (Å²) in [6, 6.07) is 3.03. The second-order valence-corrected chi connectivity index (χ2v) is 5.64. The monoisotopic (exact) mass is 295 g/mol. The van der Waals surface area contributed by atoms with Crippen LogP contribution in [0.4, 0.5) is 15.8 Å². The first kappa shape index (κ1) is 15.4. The third kappa shape index (κ3) is 3.77. The molecule has 21 heavy (non-hydrogen) atoms. The van der Waals surface area contributed by atoms with Gasteiger partial charge < -0.3 is 20.7 Å². The first-order chi connectivity index (χ1) is 9.86. The molecule has 1 saturated heterocycles. The standard InChI is InChI=1S/C15H22FN3O2/c1-9(2)21-15-7-14(13(17)6-12(15)16)19-5-4-11(8-19)18-10(3)20/h6-7,9,11H,4-5,8,17H2,1-3H3,(H,18,20). The summed E-state index contributed by atoms with van der Waals surface area (Å²) >= 11 is 0. The summed E-state index contributed by atoms with van der Waals surface area (Å²) in [4.78, 5) is 13.2. The van der Waals surface area contributed by atoms with Crippen LogP contribution in [0.1, 0.15) is 27.2 Å². The van der Waals surface area contributed by atoms with Crippen molar-refractivity contribution in [3.8, 4) is 5.75 Å². The Bertz CT molecular complexity index is 534. The maximum absolute atomic E-state index is 13.8. The van der Waals surface area contributed by atoms with Gasteiger partial charge in [-0.3, -0.25) is 4.79 Å². The van der Waals surface area contributed by atoms with E-state index in [4.69, 9.17) is 10.5 Å². The zero-order chi connectivity index (χ0) is 15.6. The number of carbonyl (C=O) groups is 1. The van der Waals surface area contributed by atoms with Crippen molar-refractivity contribution in [2.75, 3.05) is 23.7 Å². The first-order valence-electron chi connectivity index (χ1n) is 7.14. The number of amides is 1. The van der Waals surface area contributed by atoms with Gasteiger partial charge >= 0.3 is 0 Å². The Morgan fingerprint density at radius 1 is 1.52 bits per heavy atom. The molecular formula is C15H22FN3O2. The summed E-state index contributed by atoms with van der Waals surface area (Å²) in [5.74, 6) is -0.294. The van der Waals surface area contributed by atoms with Crippen LogP contribution < -0.4 is 20.7 Å². The summed E-state index contributed by atoms with van der Waals surface area (Å²) in [6.45, 7) is 6.62. The van der Waals surface area contributed by atoms with Crippen LogP contribution in [0.3, 0.4) is 0 Å². The minimum absolute atomic E-state index is 0.0437. The molecule has 1 amide bonds. The normalized spacial score (nSPS) is 18.1. The van der Waals surface area contributed by atoms with E-state index in [-0.39, 0.29) is 23.8 Å². The highest BCUT2D eigenvalue weighted by molar-refractivity contribution is 5.74. The molecule has 1 heterocycles. The quantitative estimate of drug-likeness (QED) is 0.833. The van der Waals surface area contributed by atoms with Crippen molar-refractivity contribution < 1.29 is 13.9 Å². The molecule has 0 saturated carbocycles. The van der Waals surface area contributed by atoms with Gasteiger partial charge in [0.05, 0.1) is 17.5 Å². The molecule has 1 fully saturated rings. The molecule has 0 spiro atoms. The molecule has 5 nitrogen and oxygen atoms in total. The van der Waals surface area contributed by atoms with Gasteiger partial charge in [0, 0.05) is 38.2 Å². The van der Waals surface area contributed by atoms with E-state index >= 15 is 0 Å². The first-order valence-corrected chi connectivity index (χ1v) is 7.14. The van der Waals surface area contributed by atoms with E-state index in [1.165, 1.54) is 13.0 Å². The molecule has 1 aliphatic heterocycles. The Labute approximate surface area is 124 Å². The fraction of sp³-hybridized carbons (Fsp3) is 0.533. The molecule has 1 aromatic carbocycles. The number of hydrogen-bond acceptors (Lipinski definition) is 4. The Morgan fingerprint density at radius 3 is 2.86 bits per heavy atom. The smallest absolute Gasteiger partial charge is 0.217 e. The van der Waals surface area contributed by atoms with Gasteiger partial charge in [0.25, 0.3) is 0 Å². The fourth-order valence-electron chi connectivity index (χ4n) is 2.56. The number of hydrogen-bond donors (Lipinski definition) is 2. The summed E-state index contributed by atoms with van der Waals surface area (Å²) < 4.78 is 19.3. The van der Waals surface area contributed by atoms with Crippen molar-refractivity contribution in [3.63, 3.8) is 0 Å². The van der Waals surface area contributed by atoms with Gasteiger partial charge in [0.15, 0.2) is 11.6 Å². The van der Waals surface area contributed by atoms with Crippen molar-refractivity contribution in [2.24, 2.45) is 0 Å². The number of nitrogens with two attached hydrogens (primary N) is 1.